The summed E-state index contributed by atoms with van der Waals surface area (Å²) in [7, 11) is 0. The summed E-state index contributed by atoms with van der Waals surface area (Å²) < 4.78 is 5.91. The second kappa shape index (κ2) is 3.17. The van der Waals surface area contributed by atoms with Crippen molar-refractivity contribution in [2.45, 2.75) is 71.5 Å². The lowest BCUT2D eigenvalue weighted by atomic mass is 9.43. The van der Waals surface area contributed by atoms with Crippen LogP contribution >= 0.6 is 0 Å². The van der Waals surface area contributed by atoms with Crippen molar-refractivity contribution < 1.29 is 4.74 Å². The van der Waals surface area contributed by atoms with E-state index in [0.717, 1.165) is 5.92 Å². The smallest absolute Gasteiger partial charge is 0.0920 e. The van der Waals surface area contributed by atoms with E-state index < -0.39 is 0 Å². The fourth-order valence-electron chi connectivity index (χ4n) is 4.29. The van der Waals surface area contributed by atoms with Gasteiger partial charge in [0.25, 0.3) is 0 Å². The number of epoxide rings is 1. The third-order valence-corrected chi connectivity index (χ3v) is 6.43. The van der Waals surface area contributed by atoms with Gasteiger partial charge in [-0.2, -0.15) is 0 Å². The van der Waals surface area contributed by atoms with Gasteiger partial charge in [0.05, 0.1) is 11.7 Å². The Kier molecular flexibility index (Phi) is 2.20. The molecule has 3 aliphatic rings. The van der Waals surface area contributed by atoms with Crippen LogP contribution in [0.3, 0.4) is 0 Å². The van der Waals surface area contributed by atoms with Crippen LogP contribution in [0.2, 0.25) is 0 Å². The second-order valence-electron chi connectivity index (χ2n) is 7.67. The Balaban J connectivity index is 1.86. The summed E-state index contributed by atoms with van der Waals surface area (Å²) >= 11 is 0. The Morgan fingerprint density at radius 3 is 2.53 bits per heavy atom. The Labute approximate surface area is 106 Å². The summed E-state index contributed by atoms with van der Waals surface area (Å²) in [6.07, 6.45) is 6.77. The number of fused-ring (bicyclic) bond motifs is 2. The Morgan fingerprint density at radius 1 is 1.18 bits per heavy atom. The summed E-state index contributed by atoms with van der Waals surface area (Å²) in [5.41, 5.74) is 2.62. The molecule has 3 fully saturated rings. The molecule has 0 N–H and O–H groups in total. The average molecular weight is 234 g/mol. The summed E-state index contributed by atoms with van der Waals surface area (Å²) in [6, 6.07) is 0. The molecule has 1 aliphatic heterocycles. The van der Waals surface area contributed by atoms with Crippen LogP contribution in [-0.4, -0.2) is 11.7 Å². The highest BCUT2D eigenvalue weighted by Crippen LogP contribution is 2.67. The molecule has 17 heavy (non-hydrogen) atoms. The molecular weight excluding hydrogens is 208 g/mol. The van der Waals surface area contributed by atoms with Crippen LogP contribution in [0.15, 0.2) is 12.2 Å². The van der Waals surface area contributed by atoms with E-state index in [0.29, 0.717) is 16.9 Å². The summed E-state index contributed by atoms with van der Waals surface area (Å²) in [5, 5.41) is 0. The van der Waals surface area contributed by atoms with Gasteiger partial charge in [-0.15, -0.1) is 0 Å². The van der Waals surface area contributed by atoms with Gasteiger partial charge in [-0.1, -0.05) is 32.9 Å². The second-order valence-corrected chi connectivity index (χ2v) is 7.67. The van der Waals surface area contributed by atoms with Gasteiger partial charge in [-0.05, 0) is 55.8 Å². The van der Waals surface area contributed by atoms with Gasteiger partial charge >= 0.3 is 0 Å². The zero-order chi connectivity index (χ0) is 12.5. The lowest BCUT2D eigenvalue weighted by molar-refractivity contribution is -0.100. The molecule has 0 bridgehead atoms. The van der Waals surface area contributed by atoms with Crippen LogP contribution in [0, 0.1) is 16.7 Å². The Morgan fingerprint density at radius 2 is 1.88 bits per heavy atom. The molecule has 1 saturated heterocycles. The topological polar surface area (TPSA) is 12.5 Å². The van der Waals surface area contributed by atoms with Gasteiger partial charge in [0.1, 0.15) is 0 Å². The molecule has 1 heterocycles. The molecule has 0 amide bonds. The van der Waals surface area contributed by atoms with Crippen LogP contribution in [0.25, 0.3) is 0 Å². The first-order valence-electron chi connectivity index (χ1n) is 7.14. The molecule has 4 unspecified atom stereocenters. The van der Waals surface area contributed by atoms with Gasteiger partial charge < -0.3 is 4.74 Å². The molecule has 96 valence electrons. The van der Waals surface area contributed by atoms with Crippen molar-refractivity contribution in [3.8, 4) is 0 Å². The number of allylic oxidation sites excluding steroid dienone is 1. The zero-order valence-electron chi connectivity index (χ0n) is 11.8. The predicted octanol–water partition coefficient (Wildman–Crippen LogP) is 4.33. The van der Waals surface area contributed by atoms with Gasteiger partial charge in [-0.3, -0.25) is 0 Å². The van der Waals surface area contributed by atoms with Crippen molar-refractivity contribution in [1.82, 2.24) is 0 Å². The molecule has 3 rings (SSSR count). The van der Waals surface area contributed by atoms with Gasteiger partial charge in [-0.25, -0.2) is 0 Å². The number of ether oxygens (including phenoxy) is 1. The Bertz CT molecular complexity index is 370. The minimum Gasteiger partial charge on any atom is -0.366 e. The highest BCUT2D eigenvalue weighted by atomic mass is 16.6. The third-order valence-electron chi connectivity index (χ3n) is 6.43. The monoisotopic (exact) mass is 234 g/mol. The molecule has 0 spiro atoms. The van der Waals surface area contributed by atoms with E-state index >= 15 is 0 Å². The lowest BCUT2D eigenvalue weighted by Gasteiger charge is -2.62. The van der Waals surface area contributed by atoms with E-state index in [2.05, 4.69) is 34.3 Å². The van der Waals surface area contributed by atoms with Crippen molar-refractivity contribution >= 4 is 0 Å². The fourth-order valence-corrected chi connectivity index (χ4v) is 4.29. The molecule has 1 heteroatoms. The van der Waals surface area contributed by atoms with E-state index in [-0.39, 0.29) is 5.60 Å². The van der Waals surface area contributed by atoms with Crippen LogP contribution in [0.1, 0.15) is 59.8 Å². The van der Waals surface area contributed by atoms with Crippen LogP contribution < -0.4 is 0 Å². The number of hydrogen-bond acceptors (Lipinski definition) is 1. The molecule has 1 nitrogen and oxygen atoms in total. The van der Waals surface area contributed by atoms with Crippen molar-refractivity contribution in [3.63, 3.8) is 0 Å². The zero-order valence-corrected chi connectivity index (χ0v) is 11.8. The third kappa shape index (κ3) is 1.47. The largest absolute Gasteiger partial charge is 0.366 e. The van der Waals surface area contributed by atoms with Crippen molar-refractivity contribution in [1.29, 1.82) is 0 Å². The minimum absolute atomic E-state index is 0.198. The predicted molar refractivity (Wildman–Crippen MR) is 70.9 cm³/mol. The SMILES string of the molecule is C=C1CCC2OC2(C)CCC2(C)C1CC2(C)C. The van der Waals surface area contributed by atoms with Gasteiger partial charge in [0.2, 0.25) is 0 Å². The molecule has 0 aromatic heterocycles. The highest BCUT2D eigenvalue weighted by molar-refractivity contribution is 5.21. The number of rotatable bonds is 0. The first-order chi connectivity index (χ1) is 7.79. The normalized spacial score (nSPS) is 52.4. The molecule has 0 aromatic rings. The molecular formula is C16H26O. The molecule has 4 atom stereocenters. The fraction of sp³-hybridized carbons (Fsp3) is 0.875. The van der Waals surface area contributed by atoms with Crippen molar-refractivity contribution in [2.24, 2.45) is 16.7 Å². The molecule has 0 radical (unpaired) electrons. The van der Waals surface area contributed by atoms with E-state index in [4.69, 9.17) is 4.74 Å². The number of hydrogen-bond donors (Lipinski definition) is 0. The van der Waals surface area contributed by atoms with Crippen LogP contribution in [0.5, 0.6) is 0 Å². The standard InChI is InChI=1S/C16H26O/c1-11-6-7-13-16(5,17-13)9-8-15(4)12(11)10-14(15,2)3/h12-13H,1,6-10H2,2-5H3. The summed E-state index contributed by atoms with van der Waals surface area (Å²) in [5.74, 6) is 0.763. The van der Waals surface area contributed by atoms with Crippen molar-refractivity contribution in [3.05, 3.63) is 12.2 Å². The van der Waals surface area contributed by atoms with Crippen LogP contribution in [-0.2, 0) is 4.74 Å². The molecule has 2 saturated carbocycles. The molecule has 0 aromatic carbocycles. The van der Waals surface area contributed by atoms with E-state index in [9.17, 15) is 0 Å². The Hall–Kier alpha value is -0.300. The first kappa shape index (κ1) is 11.8. The van der Waals surface area contributed by atoms with Crippen molar-refractivity contribution in [2.75, 3.05) is 0 Å². The maximum Gasteiger partial charge on any atom is 0.0920 e. The van der Waals surface area contributed by atoms with E-state index in [1.54, 1.807) is 0 Å². The summed E-state index contributed by atoms with van der Waals surface area (Å²) in [6.45, 7) is 14.0. The average Bonchev–Trinajstić information content (AvgIpc) is 2.90. The highest BCUT2D eigenvalue weighted by Gasteiger charge is 2.61. The maximum absolute atomic E-state index is 5.91. The first-order valence-corrected chi connectivity index (χ1v) is 7.14. The van der Waals surface area contributed by atoms with E-state index in [1.807, 2.05) is 0 Å². The van der Waals surface area contributed by atoms with Gasteiger partial charge in [0, 0.05) is 0 Å². The van der Waals surface area contributed by atoms with Gasteiger partial charge in [0.15, 0.2) is 0 Å². The maximum atomic E-state index is 5.91. The molecule has 2 aliphatic carbocycles. The summed E-state index contributed by atoms with van der Waals surface area (Å²) in [4.78, 5) is 0. The minimum atomic E-state index is 0.198. The van der Waals surface area contributed by atoms with E-state index in [1.165, 1.54) is 37.7 Å². The van der Waals surface area contributed by atoms with Crippen LogP contribution in [0.4, 0.5) is 0 Å². The lowest BCUT2D eigenvalue weighted by Crippen LogP contribution is -2.54. The quantitative estimate of drug-likeness (QED) is 0.449.